The molecule has 1 aromatic heterocycles. The van der Waals surface area contributed by atoms with Crippen LogP contribution in [0.2, 0.25) is 5.02 Å². The Morgan fingerprint density at radius 2 is 2.12 bits per heavy atom. The molecule has 0 bridgehead atoms. The Bertz CT molecular complexity index is 575. The van der Waals surface area contributed by atoms with E-state index in [9.17, 15) is 0 Å². The lowest BCUT2D eigenvalue weighted by Gasteiger charge is -2.07. The van der Waals surface area contributed by atoms with Gasteiger partial charge < -0.3 is 4.74 Å². The van der Waals surface area contributed by atoms with Crippen LogP contribution >= 0.6 is 11.6 Å². The lowest BCUT2D eigenvalue weighted by molar-refractivity contribution is 0.456. The minimum atomic E-state index is 0.250. The van der Waals surface area contributed by atoms with Crippen LogP contribution in [0.1, 0.15) is 11.3 Å². The molecule has 2 rings (SSSR count). The highest BCUT2D eigenvalue weighted by Crippen LogP contribution is 2.26. The quantitative estimate of drug-likeness (QED) is 0.816. The third kappa shape index (κ3) is 2.71. The molecule has 0 saturated heterocycles. The van der Waals surface area contributed by atoms with E-state index in [-0.39, 0.29) is 5.69 Å². The predicted octanol–water partition coefficient (Wildman–Crippen LogP) is 3.10. The largest absolute Gasteiger partial charge is 0.437 e. The summed E-state index contributed by atoms with van der Waals surface area (Å²) < 4.78 is 5.52. The van der Waals surface area contributed by atoms with Gasteiger partial charge in [-0.2, -0.15) is 5.26 Å². The number of benzene rings is 1. The van der Waals surface area contributed by atoms with Crippen LogP contribution in [0.5, 0.6) is 11.6 Å². The summed E-state index contributed by atoms with van der Waals surface area (Å²) >= 11 is 5.87. The molecule has 0 saturated carbocycles. The zero-order chi connectivity index (χ0) is 12.3. The normalized spacial score (nSPS) is 9.71. The number of nitriles is 1. The molecule has 0 fully saturated rings. The fraction of sp³-hybridized carbons (Fsp3) is 0.0833. The van der Waals surface area contributed by atoms with Gasteiger partial charge in [0.2, 0.25) is 5.88 Å². The predicted molar refractivity (Wildman–Crippen MR) is 63.0 cm³/mol. The van der Waals surface area contributed by atoms with Gasteiger partial charge in [0.25, 0.3) is 0 Å². The van der Waals surface area contributed by atoms with Gasteiger partial charge in [-0.1, -0.05) is 17.7 Å². The van der Waals surface area contributed by atoms with Gasteiger partial charge in [0.1, 0.15) is 11.8 Å². The lowest BCUT2D eigenvalue weighted by atomic mass is 10.2. The van der Waals surface area contributed by atoms with Crippen molar-refractivity contribution in [3.8, 4) is 17.7 Å². The SMILES string of the molecule is Cc1ccc(Cl)cc1Oc1cnc(C#N)cn1. The number of rotatable bonds is 2. The van der Waals surface area contributed by atoms with Crippen LogP contribution in [-0.2, 0) is 0 Å². The molecule has 0 radical (unpaired) electrons. The monoisotopic (exact) mass is 245 g/mol. The van der Waals surface area contributed by atoms with Crippen LogP contribution < -0.4 is 4.74 Å². The maximum Gasteiger partial charge on any atom is 0.237 e. The molecule has 84 valence electrons. The maximum absolute atomic E-state index is 8.59. The van der Waals surface area contributed by atoms with Crippen LogP contribution in [0.15, 0.2) is 30.6 Å². The molecule has 0 N–H and O–H groups in total. The Morgan fingerprint density at radius 1 is 1.29 bits per heavy atom. The van der Waals surface area contributed by atoms with E-state index >= 15 is 0 Å². The Hall–Kier alpha value is -2.12. The van der Waals surface area contributed by atoms with E-state index in [1.807, 2.05) is 19.1 Å². The van der Waals surface area contributed by atoms with Gasteiger partial charge in [-0.25, -0.2) is 9.97 Å². The third-order valence-electron chi connectivity index (χ3n) is 2.11. The summed E-state index contributed by atoms with van der Waals surface area (Å²) in [6.07, 6.45) is 2.76. The van der Waals surface area contributed by atoms with Crippen LogP contribution in [0.25, 0.3) is 0 Å². The van der Waals surface area contributed by atoms with Crippen LogP contribution in [-0.4, -0.2) is 9.97 Å². The maximum atomic E-state index is 8.59. The van der Waals surface area contributed by atoms with Crippen molar-refractivity contribution in [3.63, 3.8) is 0 Å². The molecule has 1 heterocycles. The summed E-state index contributed by atoms with van der Waals surface area (Å²) in [4.78, 5) is 7.83. The summed E-state index contributed by atoms with van der Waals surface area (Å²) in [7, 11) is 0. The third-order valence-corrected chi connectivity index (χ3v) is 2.34. The van der Waals surface area contributed by atoms with Crippen molar-refractivity contribution in [1.82, 2.24) is 9.97 Å². The standard InChI is InChI=1S/C12H8ClN3O/c1-8-2-3-9(13)4-11(8)17-12-7-15-10(5-14)6-16-12/h2-4,6-7H,1H3. The summed E-state index contributed by atoms with van der Waals surface area (Å²) in [5, 5.41) is 9.18. The number of hydrogen-bond donors (Lipinski definition) is 0. The first-order valence-electron chi connectivity index (χ1n) is 4.85. The van der Waals surface area contributed by atoms with Gasteiger partial charge in [0.15, 0.2) is 5.69 Å². The second-order valence-corrected chi connectivity index (χ2v) is 3.80. The van der Waals surface area contributed by atoms with Crippen molar-refractivity contribution >= 4 is 11.6 Å². The molecule has 1 aromatic carbocycles. The number of ether oxygens (including phenoxy) is 1. The molecular formula is C12H8ClN3O. The zero-order valence-corrected chi connectivity index (χ0v) is 9.77. The molecule has 0 unspecified atom stereocenters. The summed E-state index contributed by atoms with van der Waals surface area (Å²) in [6.45, 7) is 1.91. The van der Waals surface area contributed by atoms with E-state index < -0.39 is 0 Å². The van der Waals surface area contributed by atoms with Gasteiger partial charge in [-0.3, -0.25) is 0 Å². The first kappa shape index (κ1) is 11.4. The van der Waals surface area contributed by atoms with Gasteiger partial charge in [0, 0.05) is 5.02 Å². The molecule has 5 heteroatoms. The van der Waals surface area contributed by atoms with Crippen molar-refractivity contribution in [2.24, 2.45) is 0 Å². The van der Waals surface area contributed by atoms with E-state index in [1.165, 1.54) is 12.4 Å². The Labute approximate surface area is 103 Å². The van der Waals surface area contributed by atoms with Gasteiger partial charge in [-0.15, -0.1) is 0 Å². The Balaban J connectivity index is 2.25. The number of aromatic nitrogens is 2. The van der Waals surface area contributed by atoms with Crippen molar-refractivity contribution in [2.45, 2.75) is 6.92 Å². The molecule has 0 spiro atoms. The highest BCUT2D eigenvalue weighted by Gasteiger charge is 2.04. The van der Waals surface area contributed by atoms with Crippen molar-refractivity contribution in [3.05, 3.63) is 46.9 Å². The van der Waals surface area contributed by atoms with Crippen LogP contribution in [0.4, 0.5) is 0 Å². The van der Waals surface area contributed by atoms with Crippen molar-refractivity contribution < 1.29 is 4.74 Å². The van der Waals surface area contributed by atoms with Gasteiger partial charge >= 0.3 is 0 Å². The average Bonchev–Trinajstić information content (AvgIpc) is 2.35. The number of halogens is 1. The second-order valence-electron chi connectivity index (χ2n) is 3.36. The minimum absolute atomic E-state index is 0.250. The first-order chi connectivity index (χ1) is 8.19. The number of hydrogen-bond acceptors (Lipinski definition) is 4. The van der Waals surface area contributed by atoms with E-state index in [0.717, 1.165) is 5.56 Å². The van der Waals surface area contributed by atoms with E-state index in [1.54, 1.807) is 12.1 Å². The molecule has 4 nitrogen and oxygen atoms in total. The summed E-state index contributed by atoms with van der Waals surface area (Å²) in [5.74, 6) is 0.950. The van der Waals surface area contributed by atoms with Gasteiger partial charge in [0.05, 0.1) is 12.4 Å². The summed E-state index contributed by atoms with van der Waals surface area (Å²) in [6, 6.07) is 7.24. The van der Waals surface area contributed by atoms with E-state index in [0.29, 0.717) is 16.7 Å². The molecule has 0 amide bonds. The highest BCUT2D eigenvalue weighted by molar-refractivity contribution is 6.30. The van der Waals surface area contributed by atoms with Crippen molar-refractivity contribution in [2.75, 3.05) is 0 Å². The minimum Gasteiger partial charge on any atom is -0.437 e. The molecule has 2 aromatic rings. The molecule has 0 aliphatic carbocycles. The smallest absolute Gasteiger partial charge is 0.237 e. The Kier molecular flexibility index (Phi) is 3.22. The van der Waals surface area contributed by atoms with E-state index in [2.05, 4.69) is 9.97 Å². The Morgan fingerprint density at radius 3 is 2.76 bits per heavy atom. The average molecular weight is 246 g/mol. The lowest BCUT2D eigenvalue weighted by Crippen LogP contribution is -1.92. The molecule has 0 aliphatic rings. The zero-order valence-electron chi connectivity index (χ0n) is 9.01. The molecular weight excluding hydrogens is 238 g/mol. The molecule has 17 heavy (non-hydrogen) atoms. The number of aryl methyl sites for hydroxylation is 1. The first-order valence-corrected chi connectivity index (χ1v) is 5.23. The second kappa shape index (κ2) is 4.81. The fourth-order valence-electron chi connectivity index (χ4n) is 1.22. The summed E-state index contributed by atoms with van der Waals surface area (Å²) in [5.41, 5.74) is 1.20. The van der Waals surface area contributed by atoms with E-state index in [4.69, 9.17) is 21.6 Å². The van der Waals surface area contributed by atoms with Crippen molar-refractivity contribution in [1.29, 1.82) is 5.26 Å². The number of nitrogens with zero attached hydrogens (tertiary/aromatic N) is 3. The van der Waals surface area contributed by atoms with Crippen LogP contribution in [0.3, 0.4) is 0 Å². The highest BCUT2D eigenvalue weighted by atomic mass is 35.5. The van der Waals surface area contributed by atoms with Crippen LogP contribution in [0, 0.1) is 18.3 Å². The molecule has 0 atom stereocenters. The van der Waals surface area contributed by atoms with Gasteiger partial charge in [-0.05, 0) is 24.6 Å². The fourth-order valence-corrected chi connectivity index (χ4v) is 1.39. The topological polar surface area (TPSA) is 58.8 Å². The molecule has 0 aliphatic heterocycles.